The van der Waals surface area contributed by atoms with Crippen LogP contribution in [0.15, 0.2) is 30.8 Å². The third kappa shape index (κ3) is 4.99. The second-order valence-electron chi connectivity index (χ2n) is 2.06. The van der Waals surface area contributed by atoms with Crippen LogP contribution in [0.1, 0.15) is 5.56 Å². The van der Waals surface area contributed by atoms with Crippen molar-refractivity contribution in [2.24, 2.45) is 0 Å². The van der Waals surface area contributed by atoms with Gasteiger partial charge in [0.1, 0.15) is 5.82 Å². The fourth-order valence-electron chi connectivity index (χ4n) is 0.791. The number of rotatable bonds is 2. The molecule has 0 heterocycles. The number of benzene rings is 1. The third-order valence-corrected chi connectivity index (χ3v) is 1.22. The van der Waals surface area contributed by atoms with Crippen LogP contribution in [-0.2, 0) is 25.9 Å². The van der Waals surface area contributed by atoms with Gasteiger partial charge in [-0.15, -0.1) is 0 Å². The van der Waals surface area contributed by atoms with E-state index in [-0.39, 0.29) is 49.3 Å². The van der Waals surface area contributed by atoms with Crippen LogP contribution >= 0.6 is 0 Å². The number of allylic oxidation sites excluding steroid dienone is 1. The summed E-state index contributed by atoms with van der Waals surface area (Å²) in [6.45, 7) is 3.44. The molecular weight excluding hydrogens is 319 g/mol. The summed E-state index contributed by atoms with van der Waals surface area (Å²) < 4.78 is 12.4. The Morgan fingerprint density at radius 1 is 1.42 bits per heavy atom. The van der Waals surface area contributed by atoms with Crippen molar-refractivity contribution in [2.45, 2.75) is 6.42 Å². The maximum Gasteiger partial charge on any atom is 0.123 e. The van der Waals surface area contributed by atoms with E-state index in [9.17, 15) is 4.39 Å². The summed E-state index contributed by atoms with van der Waals surface area (Å²) in [7, 11) is 0. The number of hydrogen-bond acceptors (Lipinski definition) is 0. The van der Waals surface area contributed by atoms with Crippen LogP contribution in [-0.4, -0.2) is 0 Å². The van der Waals surface area contributed by atoms with Crippen LogP contribution in [0.3, 0.4) is 0 Å². The molecule has 0 N–H and O–H groups in total. The van der Waals surface area contributed by atoms with Crippen molar-refractivity contribution in [3.63, 3.8) is 0 Å². The molecule has 1 rings (SSSR count). The molecular formula is C9H8FIZn-. The fraction of sp³-hybridized carbons (Fsp3) is 0.111. The molecule has 0 aromatic heterocycles. The van der Waals surface area contributed by atoms with Crippen molar-refractivity contribution >= 4 is 0 Å². The van der Waals surface area contributed by atoms with Crippen molar-refractivity contribution in [1.82, 2.24) is 0 Å². The van der Waals surface area contributed by atoms with E-state index in [1.807, 2.05) is 6.07 Å². The molecule has 0 fully saturated rings. The van der Waals surface area contributed by atoms with Gasteiger partial charge >= 0.3 is 0 Å². The van der Waals surface area contributed by atoms with Gasteiger partial charge < -0.3 is 24.0 Å². The maximum atomic E-state index is 12.4. The number of hydrogen-bond donors (Lipinski definition) is 0. The summed E-state index contributed by atoms with van der Waals surface area (Å²) in [6.07, 6.45) is 3.30. The molecule has 0 aliphatic carbocycles. The second-order valence-corrected chi connectivity index (χ2v) is 2.06. The molecule has 1 aromatic rings. The standard InChI is InChI=1S/C9H8F.HI.Zn/c1-2-4-8-5-3-6-9(10)7-8;;/h3,5-7H,1,4H2;1H;/p-1. The van der Waals surface area contributed by atoms with Gasteiger partial charge in [0.05, 0.1) is 0 Å². The van der Waals surface area contributed by atoms with Crippen LogP contribution in [0.5, 0.6) is 0 Å². The van der Waals surface area contributed by atoms with E-state index in [1.165, 1.54) is 12.1 Å². The molecule has 0 saturated carbocycles. The average Bonchev–Trinajstić information content (AvgIpc) is 1.88. The van der Waals surface area contributed by atoms with Gasteiger partial charge in [0.15, 0.2) is 0 Å². The van der Waals surface area contributed by atoms with E-state index in [1.54, 1.807) is 6.07 Å². The Kier molecular flexibility index (Phi) is 9.67. The molecule has 1 radical (unpaired) electrons. The first-order valence-electron chi connectivity index (χ1n) is 3.07. The molecule has 12 heavy (non-hydrogen) atoms. The molecule has 0 atom stereocenters. The molecule has 0 saturated heterocycles. The summed E-state index contributed by atoms with van der Waals surface area (Å²) in [5.41, 5.74) is 0.912. The Hall–Kier alpha value is 0.243. The third-order valence-electron chi connectivity index (χ3n) is 1.22. The Morgan fingerprint density at radius 2 is 2.08 bits per heavy atom. The summed E-state index contributed by atoms with van der Waals surface area (Å²) in [6, 6.07) is 6.44. The summed E-state index contributed by atoms with van der Waals surface area (Å²) in [5.74, 6) is -0.201. The summed E-state index contributed by atoms with van der Waals surface area (Å²) in [5, 5.41) is 0. The predicted octanol–water partition coefficient (Wildman–Crippen LogP) is -0.641. The van der Waals surface area contributed by atoms with Crippen molar-refractivity contribution in [2.75, 3.05) is 0 Å². The molecule has 0 unspecified atom stereocenters. The topological polar surface area (TPSA) is 0 Å². The van der Waals surface area contributed by atoms with Crippen LogP contribution in [0.2, 0.25) is 0 Å². The van der Waals surface area contributed by atoms with Crippen molar-refractivity contribution in [1.29, 1.82) is 0 Å². The van der Waals surface area contributed by atoms with Gasteiger partial charge in [0, 0.05) is 19.5 Å². The second kappa shape index (κ2) is 7.87. The van der Waals surface area contributed by atoms with Crippen LogP contribution in [0.4, 0.5) is 4.39 Å². The average molecular weight is 327 g/mol. The minimum absolute atomic E-state index is 0. The zero-order chi connectivity index (χ0) is 7.40. The molecule has 0 amide bonds. The quantitative estimate of drug-likeness (QED) is 0.501. The van der Waals surface area contributed by atoms with Gasteiger partial charge in [-0.2, -0.15) is 0 Å². The van der Waals surface area contributed by atoms with Crippen LogP contribution < -0.4 is 24.0 Å². The number of halogens is 2. The van der Waals surface area contributed by atoms with Crippen molar-refractivity contribution in [3.05, 3.63) is 48.3 Å². The van der Waals surface area contributed by atoms with Gasteiger partial charge in [-0.05, 0) is 30.2 Å². The molecule has 1 aromatic carbocycles. The summed E-state index contributed by atoms with van der Waals surface area (Å²) >= 11 is 0. The largest absolute Gasteiger partial charge is 1.00 e. The maximum absolute atomic E-state index is 12.4. The van der Waals surface area contributed by atoms with E-state index in [0.29, 0.717) is 6.42 Å². The van der Waals surface area contributed by atoms with Crippen molar-refractivity contribution < 1.29 is 47.8 Å². The van der Waals surface area contributed by atoms with Gasteiger partial charge in [-0.25, -0.2) is 4.39 Å². The van der Waals surface area contributed by atoms with E-state index < -0.39 is 0 Å². The fourth-order valence-corrected chi connectivity index (χ4v) is 0.791. The van der Waals surface area contributed by atoms with Gasteiger partial charge in [-0.1, -0.05) is 18.7 Å². The Morgan fingerprint density at radius 3 is 2.58 bits per heavy atom. The van der Waals surface area contributed by atoms with Crippen LogP contribution in [0.25, 0.3) is 0 Å². The molecule has 0 aliphatic heterocycles. The molecule has 0 aliphatic rings. The molecule has 3 heteroatoms. The van der Waals surface area contributed by atoms with Crippen molar-refractivity contribution in [3.8, 4) is 0 Å². The van der Waals surface area contributed by atoms with Gasteiger partial charge in [0.2, 0.25) is 0 Å². The zero-order valence-electron chi connectivity index (χ0n) is 6.69. The first kappa shape index (κ1) is 14.8. The normalized spacial score (nSPS) is 7.75. The smallest absolute Gasteiger partial charge is 0.123 e. The molecule has 0 bridgehead atoms. The SMILES string of the molecule is C=[C]Cc1cccc(F)c1.[I-].[Zn]. The first-order chi connectivity index (χ1) is 4.83. The zero-order valence-corrected chi connectivity index (χ0v) is 11.8. The molecule has 61 valence electrons. The summed E-state index contributed by atoms with van der Waals surface area (Å²) in [4.78, 5) is 0. The van der Waals surface area contributed by atoms with E-state index in [4.69, 9.17) is 0 Å². The Bertz CT molecular complexity index is 238. The molecule has 0 spiro atoms. The van der Waals surface area contributed by atoms with E-state index in [2.05, 4.69) is 12.7 Å². The molecule has 0 nitrogen and oxygen atoms in total. The monoisotopic (exact) mass is 326 g/mol. The van der Waals surface area contributed by atoms with E-state index >= 15 is 0 Å². The predicted molar refractivity (Wildman–Crippen MR) is 39.0 cm³/mol. The van der Waals surface area contributed by atoms with Gasteiger partial charge in [0.25, 0.3) is 0 Å². The Labute approximate surface area is 102 Å². The Balaban J connectivity index is 0. The minimum atomic E-state index is -0.201. The van der Waals surface area contributed by atoms with Crippen LogP contribution in [0, 0.1) is 11.9 Å². The first-order valence-corrected chi connectivity index (χ1v) is 3.07. The van der Waals surface area contributed by atoms with Gasteiger partial charge in [-0.3, -0.25) is 0 Å². The van der Waals surface area contributed by atoms with E-state index in [0.717, 1.165) is 5.56 Å². The minimum Gasteiger partial charge on any atom is -1.00 e.